The molecule has 2 N–H and O–H groups in total. The first-order valence-corrected chi connectivity index (χ1v) is 6.79. The van der Waals surface area contributed by atoms with Gasteiger partial charge in [-0.1, -0.05) is 12.1 Å². The minimum Gasteiger partial charge on any atom is -0.463 e. The number of carbonyl (C=O) groups is 1. The number of rotatable bonds is 10. The number of aryl methyl sites for hydroxylation is 1. The Kier molecular flexibility index (Phi) is 8.42. The lowest BCUT2D eigenvalue weighted by Crippen LogP contribution is -2.12. The molecule has 20 heavy (non-hydrogen) atoms. The third-order valence-corrected chi connectivity index (χ3v) is 2.73. The summed E-state index contributed by atoms with van der Waals surface area (Å²) in [5.41, 5.74) is 7.39. The number of methoxy groups -OCH3 is 1. The SMILES string of the molecule is COCCCOCCOC(=O)CCc1ccc(N)cc1. The summed E-state index contributed by atoms with van der Waals surface area (Å²) in [4.78, 5) is 11.5. The highest BCUT2D eigenvalue weighted by molar-refractivity contribution is 5.69. The van der Waals surface area contributed by atoms with E-state index < -0.39 is 0 Å². The molecule has 0 saturated heterocycles. The maximum Gasteiger partial charge on any atom is 0.306 e. The molecule has 5 nitrogen and oxygen atoms in total. The Morgan fingerprint density at radius 1 is 1.10 bits per heavy atom. The molecule has 0 saturated carbocycles. The van der Waals surface area contributed by atoms with Crippen LogP contribution in [-0.2, 0) is 25.4 Å². The largest absolute Gasteiger partial charge is 0.463 e. The lowest BCUT2D eigenvalue weighted by Gasteiger charge is -2.06. The van der Waals surface area contributed by atoms with Crippen LogP contribution in [0, 0.1) is 0 Å². The molecule has 0 radical (unpaired) electrons. The van der Waals surface area contributed by atoms with E-state index in [4.69, 9.17) is 19.9 Å². The summed E-state index contributed by atoms with van der Waals surface area (Å²) >= 11 is 0. The number of anilines is 1. The zero-order valence-corrected chi connectivity index (χ0v) is 12.0. The molecule has 0 aliphatic carbocycles. The normalized spacial score (nSPS) is 10.4. The Bertz CT molecular complexity index is 378. The number of carbonyl (C=O) groups excluding carboxylic acids is 1. The highest BCUT2D eigenvalue weighted by Gasteiger charge is 2.03. The first-order chi connectivity index (χ1) is 9.72. The molecule has 0 fully saturated rings. The van der Waals surface area contributed by atoms with Crippen LogP contribution in [0.15, 0.2) is 24.3 Å². The number of benzene rings is 1. The molecular weight excluding hydrogens is 258 g/mol. The molecule has 0 aliphatic heterocycles. The van der Waals surface area contributed by atoms with Crippen molar-refractivity contribution in [2.45, 2.75) is 19.3 Å². The summed E-state index contributed by atoms with van der Waals surface area (Å²) in [6.07, 6.45) is 1.88. The van der Waals surface area contributed by atoms with Gasteiger partial charge in [-0.3, -0.25) is 4.79 Å². The van der Waals surface area contributed by atoms with Gasteiger partial charge in [-0.15, -0.1) is 0 Å². The number of nitrogens with two attached hydrogens (primary N) is 1. The fraction of sp³-hybridized carbons (Fsp3) is 0.533. The van der Waals surface area contributed by atoms with Gasteiger partial charge in [0.25, 0.3) is 0 Å². The molecule has 0 bridgehead atoms. The number of esters is 1. The smallest absolute Gasteiger partial charge is 0.306 e. The molecule has 0 aliphatic rings. The highest BCUT2D eigenvalue weighted by atomic mass is 16.6. The number of ether oxygens (including phenoxy) is 3. The van der Waals surface area contributed by atoms with Gasteiger partial charge in [-0.25, -0.2) is 0 Å². The van der Waals surface area contributed by atoms with Crippen LogP contribution in [0.5, 0.6) is 0 Å². The van der Waals surface area contributed by atoms with Gasteiger partial charge in [0.15, 0.2) is 0 Å². The Hall–Kier alpha value is -1.59. The zero-order valence-electron chi connectivity index (χ0n) is 12.0. The van der Waals surface area contributed by atoms with Crippen molar-refractivity contribution >= 4 is 11.7 Å². The lowest BCUT2D eigenvalue weighted by molar-refractivity contribution is -0.145. The van der Waals surface area contributed by atoms with E-state index in [0.717, 1.165) is 17.7 Å². The topological polar surface area (TPSA) is 70.8 Å². The van der Waals surface area contributed by atoms with E-state index in [2.05, 4.69) is 0 Å². The molecule has 0 unspecified atom stereocenters. The Morgan fingerprint density at radius 3 is 2.55 bits per heavy atom. The summed E-state index contributed by atoms with van der Waals surface area (Å²) < 4.78 is 15.3. The summed E-state index contributed by atoms with van der Waals surface area (Å²) in [5, 5.41) is 0. The Labute approximate surface area is 120 Å². The molecule has 0 amide bonds. The fourth-order valence-electron chi connectivity index (χ4n) is 1.62. The second-order valence-electron chi connectivity index (χ2n) is 4.42. The van der Waals surface area contributed by atoms with E-state index in [9.17, 15) is 4.79 Å². The van der Waals surface area contributed by atoms with Crippen molar-refractivity contribution in [3.8, 4) is 0 Å². The van der Waals surface area contributed by atoms with Crippen LogP contribution >= 0.6 is 0 Å². The molecule has 1 aromatic rings. The van der Waals surface area contributed by atoms with E-state index in [1.807, 2.05) is 24.3 Å². The molecule has 0 aromatic heterocycles. The molecular formula is C15H23NO4. The highest BCUT2D eigenvalue weighted by Crippen LogP contribution is 2.08. The Balaban J connectivity index is 2.01. The average molecular weight is 281 g/mol. The van der Waals surface area contributed by atoms with Crippen LogP contribution in [0.1, 0.15) is 18.4 Å². The number of hydrogen-bond acceptors (Lipinski definition) is 5. The summed E-state index contributed by atoms with van der Waals surface area (Å²) in [6, 6.07) is 7.49. The maximum absolute atomic E-state index is 11.5. The van der Waals surface area contributed by atoms with E-state index in [-0.39, 0.29) is 5.97 Å². The van der Waals surface area contributed by atoms with Crippen molar-refractivity contribution in [3.05, 3.63) is 29.8 Å². The zero-order chi connectivity index (χ0) is 14.6. The second-order valence-corrected chi connectivity index (χ2v) is 4.42. The van der Waals surface area contributed by atoms with Crippen LogP contribution in [0.25, 0.3) is 0 Å². The van der Waals surface area contributed by atoms with Crippen molar-refractivity contribution in [1.29, 1.82) is 0 Å². The van der Waals surface area contributed by atoms with E-state index in [0.29, 0.717) is 39.3 Å². The van der Waals surface area contributed by atoms with E-state index in [1.165, 1.54) is 0 Å². The molecule has 0 spiro atoms. The standard InChI is InChI=1S/C15H23NO4/c1-18-9-2-10-19-11-12-20-15(17)8-5-13-3-6-14(16)7-4-13/h3-4,6-7H,2,5,8-12,16H2,1H3. The van der Waals surface area contributed by atoms with Crippen LogP contribution in [0.3, 0.4) is 0 Å². The van der Waals surface area contributed by atoms with Gasteiger partial charge in [0.05, 0.1) is 6.61 Å². The second kappa shape index (κ2) is 10.2. The quantitative estimate of drug-likeness (QED) is 0.402. The number of hydrogen-bond donors (Lipinski definition) is 1. The van der Waals surface area contributed by atoms with Crippen LogP contribution in [0.4, 0.5) is 5.69 Å². The minimum atomic E-state index is -0.206. The van der Waals surface area contributed by atoms with Crippen molar-refractivity contribution in [2.24, 2.45) is 0 Å². The van der Waals surface area contributed by atoms with E-state index >= 15 is 0 Å². The van der Waals surface area contributed by atoms with Crippen LogP contribution in [0.2, 0.25) is 0 Å². The van der Waals surface area contributed by atoms with Gasteiger partial charge in [0.1, 0.15) is 6.61 Å². The summed E-state index contributed by atoms with van der Waals surface area (Å²) in [6.45, 7) is 2.03. The number of nitrogen functional groups attached to an aromatic ring is 1. The summed E-state index contributed by atoms with van der Waals surface area (Å²) in [5.74, 6) is -0.206. The third-order valence-electron chi connectivity index (χ3n) is 2.73. The predicted molar refractivity (Wildman–Crippen MR) is 77.4 cm³/mol. The van der Waals surface area contributed by atoms with Gasteiger partial charge in [0, 0.05) is 32.4 Å². The third kappa shape index (κ3) is 7.76. The monoisotopic (exact) mass is 281 g/mol. The van der Waals surface area contributed by atoms with E-state index in [1.54, 1.807) is 7.11 Å². The van der Waals surface area contributed by atoms with Gasteiger partial charge in [-0.2, -0.15) is 0 Å². The molecule has 1 rings (SSSR count). The van der Waals surface area contributed by atoms with Gasteiger partial charge < -0.3 is 19.9 Å². The van der Waals surface area contributed by atoms with Crippen molar-refractivity contribution in [1.82, 2.24) is 0 Å². The van der Waals surface area contributed by atoms with Crippen molar-refractivity contribution < 1.29 is 19.0 Å². The molecule has 112 valence electrons. The van der Waals surface area contributed by atoms with Gasteiger partial charge in [-0.05, 0) is 30.5 Å². The fourth-order valence-corrected chi connectivity index (χ4v) is 1.62. The maximum atomic E-state index is 11.5. The first-order valence-electron chi connectivity index (χ1n) is 6.79. The van der Waals surface area contributed by atoms with Gasteiger partial charge >= 0.3 is 5.97 Å². The predicted octanol–water partition coefficient (Wildman–Crippen LogP) is 1.80. The van der Waals surface area contributed by atoms with Crippen molar-refractivity contribution in [2.75, 3.05) is 39.3 Å². The van der Waals surface area contributed by atoms with Crippen LogP contribution in [-0.4, -0.2) is 39.5 Å². The summed E-state index contributed by atoms with van der Waals surface area (Å²) in [7, 11) is 1.66. The molecule has 0 heterocycles. The lowest BCUT2D eigenvalue weighted by atomic mass is 10.1. The minimum absolute atomic E-state index is 0.206. The molecule has 1 aromatic carbocycles. The van der Waals surface area contributed by atoms with Crippen molar-refractivity contribution in [3.63, 3.8) is 0 Å². The molecule has 5 heteroatoms. The Morgan fingerprint density at radius 2 is 1.85 bits per heavy atom. The van der Waals surface area contributed by atoms with Gasteiger partial charge in [0.2, 0.25) is 0 Å². The van der Waals surface area contributed by atoms with Crippen LogP contribution < -0.4 is 5.73 Å². The molecule has 0 atom stereocenters. The first kappa shape index (κ1) is 16.5. The average Bonchev–Trinajstić information content (AvgIpc) is 2.46.